The number of hydrogen-bond donors (Lipinski definition) is 1. The van der Waals surface area contributed by atoms with Crippen LogP contribution in [0.4, 0.5) is 0 Å². The molecule has 0 amide bonds. The summed E-state index contributed by atoms with van der Waals surface area (Å²) < 4.78 is 35.2. The fraction of sp³-hybridized carbons (Fsp3) is 1.00. The maximum Gasteiger partial charge on any atom is 0.270 e. The Morgan fingerprint density at radius 1 is 0.214 bits per heavy atom. The molecule has 0 atom stereocenters. The van der Waals surface area contributed by atoms with Gasteiger partial charge in [-0.05, 0) is 38.5 Å². The first-order valence-electron chi connectivity index (χ1n) is 33.2. The molecule has 0 aliphatic heterocycles. The summed E-state index contributed by atoms with van der Waals surface area (Å²) in [7, 11) is -3.96. The van der Waals surface area contributed by atoms with Gasteiger partial charge in [-0.3, -0.25) is 4.55 Å². The van der Waals surface area contributed by atoms with Crippen LogP contribution in [-0.2, 0) is 10.1 Å². The molecule has 422 valence electrons. The molecule has 0 aliphatic rings. The summed E-state index contributed by atoms with van der Waals surface area (Å²) in [5.74, 6) is -0.0790. The Balaban J connectivity index is 4.56. The average molecular weight is 1010 g/mol. The van der Waals surface area contributed by atoms with Gasteiger partial charge < -0.3 is 4.48 Å². The largest absolute Gasteiger partial charge is 0.323 e. The number of rotatable bonds is 63. The maximum absolute atomic E-state index is 12.2. The van der Waals surface area contributed by atoms with Crippen molar-refractivity contribution in [2.24, 2.45) is 0 Å². The summed E-state index contributed by atoms with van der Waals surface area (Å²) in [5.41, 5.74) is 0. The maximum atomic E-state index is 12.2. The molecule has 0 bridgehead atoms. The molecule has 0 aromatic carbocycles. The van der Waals surface area contributed by atoms with E-state index in [-0.39, 0.29) is 5.75 Å². The van der Waals surface area contributed by atoms with E-state index in [9.17, 15) is 13.0 Å². The predicted molar refractivity (Wildman–Crippen MR) is 316 cm³/mol. The molecule has 0 aliphatic carbocycles. The van der Waals surface area contributed by atoms with Crippen molar-refractivity contribution in [3.8, 4) is 0 Å². The molecule has 0 rings (SSSR count). The lowest BCUT2D eigenvalue weighted by atomic mass is 10.0. The number of unbranched alkanes of at least 4 members (excludes halogenated alkanes) is 54. The standard InChI is InChI=1S/C65H133NO3S/c1-4-7-10-13-16-19-22-25-28-31-34-37-40-43-46-49-52-55-58-61-66(64-65-70(67,68)69,62-59-56-53-50-47-44-41-38-35-32-29-26-23-20-17-14-11-8-5-2)63-60-57-54-51-48-45-42-39-36-33-30-27-24-21-18-15-12-9-6-3/h4-65H2,1-3H3/p+1. The van der Waals surface area contributed by atoms with Gasteiger partial charge in [0.15, 0.2) is 0 Å². The van der Waals surface area contributed by atoms with E-state index in [0.717, 1.165) is 24.1 Å². The molecular formula is C65H134NO3S+. The molecule has 70 heavy (non-hydrogen) atoms. The van der Waals surface area contributed by atoms with Crippen LogP contribution in [0.1, 0.15) is 387 Å². The Hall–Kier alpha value is -0.130. The monoisotopic (exact) mass is 1010 g/mol. The normalized spacial score (nSPS) is 12.2. The van der Waals surface area contributed by atoms with E-state index >= 15 is 0 Å². The van der Waals surface area contributed by atoms with Crippen LogP contribution in [0.3, 0.4) is 0 Å². The van der Waals surface area contributed by atoms with E-state index in [1.165, 1.54) is 366 Å². The molecule has 0 spiro atoms. The lowest BCUT2D eigenvalue weighted by Gasteiger charge is -2.39. The molecule has 0 saturated carbocycles. The van der Waals surface area contributed by atoms with Gasteiger partial charge in [0.1, 0.15) is 5.75 Å². The quantitative estimate of drug-likeness (QED) is 0.0375. The highest BCUT2D eigenvalue weighted by molar-refractivity contribution is 7.85. The van der Waals surface area contributed by atoms with Gasteiger partial charge >= 0.3 is 0 Å². The number of nitrogens with zero attached hydrogens (tertiary/aromatic N) is 1. The second kappa shape index (κ2) is 58.1. The fourth-order valence-corrected chi connectivity index (χ4v) is 12.2. The van der Waals surface area contributed by atoms with E-state index in [1.54, 1.807) is 0 Å². The van der Waals surface area contributed by atoms with E-state index in [1.807, 2.05) is 0 Å². The summed E-state index contributed by atoms with van der Waals surface area (Å²) in [6.45, 7) is 10.8. The van der Waals surface area contributed by atoms with Crippen LogP contribution in [0, 0.1) is 0 Å². The molecule has 4 nitrogen and oxygen atoms in total. The molecule has 0 fully saturated rings. The molecule has 0 unspecified atom stereocenters. The van der Waals surface area contributed by atoms with Crippen LogP contribution in [0.15, 0.2) is 0 Å². The Bertz CT molecular complexity index is 960. The van der Waals surface area contributed by atoms with Crippen molar-refractivity contribution in [2.45, 2.75) is 387 Å². The van der Waals surface area contributed by atoms with Crippen LogP contribution in [0.2, 0.25) is 0 Å². The van der Waals surface area contributed by atoms with Crippen LogP contribution in [0.5, 0.6) is 0 Å². The molecule has 1 N–H and O–H groups in total. The van der Waals surface area contributed by atoms with Crippen LogP contribution in [-0.4, -0.2) is 49.4 Å². The molecule has 0 heterocycles. The molecule has 0 saturated heterocycles. The van der Waals surface area contributed by atoms with Gasteiger partial charge in [-0.1, -0.05) is 348 Å². The smallest absolute Gasteiger partial charge is 0.270 e. The second-order valence-electron chi connectivity index (χ2n) is 23.6. The molecule has 0 radical (unpaired) electrons. The SMILES string of the molecule is CCCCCCCCCCCCCCCCCCCCC[N+](CCCCCCCCCCCCCCCCCCCCC)(CCCCCCCCCCCCCCCCCCCCC)CCS(=O)(=O)O. The topological polar surface area (TPSA) is 54.4 Å². The van der Waals surface area contributed by atoms with E-state index in [4.69, 9.17) is 0 Å². The van der Waals surface area contributed by atoms with Crippen LogP contribution < -0.4 is 0 Å². The number of hydrogen-bond acceptors (Lipinski definition) is 2. The Labute approximate surface area is 444 Å². The minimum absolute atomic E-state index is 0.0790. The first kappa shape index (κ1) is 69.9. The van der Waals surface area contributed by atoms with Crippen LogP contribution >= 0.6 is 0 Å². The molecular weight excluding hydrogens is 875 g/mol. The first-order valence-corrected chi connectivity index (χ1v) is 34.8. The van der Waals surface area contributed by atoms with E-state index < -0.39 is 10.1 Å². The van der Waals surface area contributed by atoms with Crippen molar-refractivity contribution in [2.75, 3.05) is 31.9 Å². The van der Waals surface area contributed by atoms with Gasteiger partial charge in [0.2, 0.25) is 0 Å². The zero-order valence-corrected chi connectivity index (χ0v) is 49.8. The fourth-order valence-electron chi connectivity index (χ4n) is 11.6. The molecule has 5 heteroatoms. The summed E-state index contributed by atoms with van der Waals surface area (Å²) in [5, 5.41) is 0. The van der Waals surface area contributed by atoms with Crippen molar-refractivity contribution in [3.63, 3.8) is 0 Å². The molecule has 0 aromatic rings. The van der Waals surface area contributed by atoms with Gasteiger partial charge in [-0.2, -0.15) is 8.42 Å². The Morgan fingerprint density at radius 3 is 0.471 bits per heavy atom. The van der Waals surface area contributed by atoms with Crippen molar-refractivity contribution in [3.05, 3.63) is 0 Å². The van der Waals surface area contributed by atoms with E-state index in [2.05, 4.69) is 20.8 Å². The Kier molecular flexibility index (Phi) is 58.0. The highest BCUT2D eigenvalue weighted by atomic mass is 32.2. The van der Waals surface area contributed by atoms with Gasteiger partial charge in [-0.15, -0.1) is 0 Å². The highest BCUT2D eigenvalue weighted by Gasteiger charge is 2.28. The zero-order chi connectivity index (χ0) is 50.8. The third-order valence-corrected chi connectivity index (χ3v) is 17.2. The second-order valence-corrected chi connectivity index (χ2v) is 25.2. The van der Waals surface area contributed by atoms with Crippen LogP contribution in [0.25, 0.3) is 0 Å². The third-order valence-electron chi connectivity index (χ3n) is 16.5. The lowest BCUT2D eigenvalue weighted by Crippen LogP contribution is -2.52. The highest BCUT2D eigenvalue weighted by Crippen LogP contribution is 2.22. The van der Waals surface area contributed by atoms with Gasteiger partial charge in [0.05, 0.1) is 26.2 Å². The Morgan fingerprint density at radius 2 is 0.343 bits per heavy atom. The summed E-state index contributed by atoms with van der Waals surface area (Å²) in [4.78, 5) is 0. The summed E-state index contributed by atoms with van der Waals surface area (Å²) >= 11 is 0. The van der Waals surface area contributed by atoms with Crippen molar-refractivity contribution < 1.29 is 17.5 Å². The minimum atomic E-state index is -3.96. The lowest BCUT2D eigenvalue weighted by molar-refractivity contribution is -0.926. The molecule has 0 aromatic heterocycles. The van der Waals surface area contributed by atoms with Crippen molar-refractivity contribution in [1.82, 2.24) is 0 Å². The van der Waals surface area contributed by atoms with Crippen molar-refractivity contribution >= 4 is 10.1 Å². The van der Waals surface area contributed by atoms with Gasteiger partial charge in [0.25, 0.3) is 10.1 Å². The van der Waals surface area contributed by atoms with Crippen molar-refractivity contribution in [1.29, 1.82) is 0 Å². The summed E-state index contributed by atoms with van der Waals surface area (Å²) in [6, 6.07) is 0. The summed E-state index contributed by atoms with van der Waals surface area (Å²) in [6.07, 6.45) is 79.5. The minimum Gasteiger partial charge on any atom is -0.323 e. The van der Waals surface area contributed by atoms with E-state index in [0.29, 0.717) is 6.54 Å². The van der Waals surface area contributed by atoms with Gasteiger partial charge in [-0.25, -0.2) is 0 Å². The van der Waals surface area contributed by atoms with Gasteiger partial charge in [0, 0.05) is 0 Å². The first-order chi connectivity index (χ1) is 34.4. The average Bonchev–Trinajstić information content (AvgIpc) is 3.35. The zero-order valence-electron chi connectivity index (χ0n) is 49.0. The third kappa shape index (κ3) is 57.2. The predicted octanol–water partition coefficient (Wildman–Crippen LogP) is 23.0. The number of quaternary nitrogens is 1.